The van der Waals surface area contributed by atoms with Crippen LogP contribution in [0.25, 0.3) is 0 Å². The Bertz CT molecular complexity index is 394. The summed E-state index contributed by atoms with van der Waals surface area (Å²) in [5.41, 5.74) is 0. The molecule has 0 amide bonds. The Morgan fingerprint density at radius 1 is 0.536 bits per heavy atom. The molecule has 0 rings (SSSR count). The molecule has 0 saturated carbocycles. The molecule has 0 atom stereocenters. The Labute approximate surface area is 200 Å². The van der Waals surface area contributed by atoms with E-state index in [1.54, 1.807) is 0 Å². The van der Waals surface area contributed by atoms with Crippen molar-refractivity contribution in [1.82, 2.24) is 0 Å². The molecule has 0 aromatic rings. The maximum absolute atomic E-state index is 12.5. The second-order valence-corrected chi connectivity index (χ2v) is 7.18. The van der Waals surface area contributed by atoms with Crippen molar-refractivity contribution in [3.8, 4) is 0 Å². The van der Waals surface area contributed by atoms with Gasteiger partial charge in [-0.1, -0.05) is 53.4 Å². The number of unbranched alkanes of at least 4 members (excludes halogenated alkanes) is 4. The zero-order chi connectivity index (χ0) is 20.7. The van der Waals surface area contributed by atoms with Gasteiger partial charge in [-0.15, -0.1) is 0 Å². The van der Waals surface area contributed by atoms with Gasteiger partial charge >= 0.3 is 37.7 Å². The summed E-state index contributed by atoms with van der Waals surface area (Å²) in [5.74, 6) is -1.24. The molecule has 0 spiro atoms. The van der Waals surface area contributed by atoms with E-state index in [0.717, 1.165) is 25.7 Å². The average Bonchev–Trinajstić information content (AvgIpc) is 2.67. The van der Waals surface area contributed by atoms with E-state index in [9.17, 15) is 19.2 Å². The van der Waals surface area contributed by atoms with Crippen LogP contribution in [-0.2, 0) is 23.9 Å². The van der Waals surface area contributed by atoms with Crippen LogP contribution < -0.4 is 0 Å². The van der Waals surface area contributed by atoms with Gasteiger partial charge in [0.1, 0.15) is 0 Å². The first-order valence-corrected chi connectivity index (χ1v) is 10.7. The molecule has 160 valence electrons. The molecule has 0 fully saturated rings. The van der Waals surface area contributed by atoms with E-state index in [-0.39, 0.29) is 86.6 Å². The summed E-state index contributed by atoms with van der Waals surface area (Å²) < 4.78 is 5.69. The van der Waals surface area contributed by atoms with Crippen molar-refractivity contribution < 1.29 is 23.9 Å². The molecule has 0 bridgehead atoms. The number of rotatable bonds is 18. The molecule has 0 aromatic carbocycles. The minimum absolute atomic E-state index is 0. The van der Waals surface area contributed by atoms with Crippen molar-refractivity contribution in [1.29, 1.82) is 0 Å². The second kappa shape index (κ2) is 18.9. The van der Waals surface area contributed by atoms with Crippen LogP contribution in [0.1, 0.15) is 105 Å². The molecular weight excluding hydrogens is 384 g/mol. The van der Waals surface area contributed by atoms with Gasteiger partial charge in [-0.05, 0) is 25.7 Å². The van der Waals surface area contributed by atoms with Crippen LogP contribution in [0, 0.1) is 0 Å². The van der Waals surface area contributed by atoms with Crippen LogP contribution in [0.15, 0.2) is 0 Å². The van der Waals surface area contributed by atoms with E-state index >= 15 is 0 Å². The molecule has 0 radical (unpaired) electrons. The molecule has 0 aliphatic carbocycles. The van der Waals surface area contributed by atoms with Gasteiger partial charge in [0.25, 0.3) is 0 Å². The molecule has 28 heavy (non-hydrogen) atoms. The van der Waals surface area contributed by atoms with Gasteiger partial charge in [0.2, 0.25) is 0 Å². The first-order valence-electron chi connectivity index (χ1n) is 10.7. The average molecular weight is 425 g/mol. The van der Waals surface area contributed by atoms with Crippen LogP contribution in [0.3, 0.4) is 0 Å². The summed E-state index contributed by atoms with van der Waals surface area (Å²) in [6.45, 7) is 7.86. The van der Waals surface area contributed by atoms with Gasteiger partial charge in [0.05, 0.1) is 0 Å². The van der Waals surface area contributed by atoms with Crippen molar-refractivity contribution in [2.75, 3.05) is 0 Å². The number of ketones is 4. The van der Waals surface area contributed by atoms with Crippen LogP contribution >= 0.6 is 0 Å². The van der Waals surface area contributed by atoms with Crippen LogP contribution in [-0.4, -0.2) is 73.1 Å². The van der Waals surface area contributed by atoms with E-state index in [0.29, 0.717) is 25.7 Å². The molecule has 0 aliphatic rings. The van der Waals surface area contributed by atoms with Crippen LogP contribution in [0.5, 0.6) is 0 Å². The van der Waals surface area contributed by atoms with E-state index in [1.165, 1.54) is 0 Å². The van der Waals surface area contributed by atoms with Gasteiger partial charge < -0.3 is 4.74 Å². The Hall–Kier alpha value is -0.100. The first kappa shape index (κ1) is 30.1. The number of hydrogen-bond acceptors (Lipinski definition) is 5. The van der Waals surface area contributed by atoms with E-state index in [4.69, 9.17) is 4.74 Å². The standard InChI is InChI=1S/C22H38O5.Ca.2H/c1-5-9-13-17(23)21(18(24)14-10-6-2)27-22(19(25)15-11-7-3)20(26)16-12-8-4;;;/h21-22H,5-16H2,1-4H3;;;. The van der Waals surface area contributed by atoms with E-state index < -0.39 is 12.2 Å². The van der Waals surface area contributed by atoms with Gasteiger partial charge in [0.15, 0.2) is 35.3 Å². The van der Waals surface area contributed by atoms with Crippen molar-refractivity contribution in [2.24, 2.45) is 0 Å². The molecule has 0 N–H and O–H groups in total. The number of Topliss-reactive ketones (excluding diaryl/α,β-unsaturated/α-hetero) is 4. The van der Waals surface area contributed by atoms with Gasteiger partial charge in [-0.3, -0.25) is 19.2 Å². The molecular formula is C22H40CaO5. The Balaban J connectivity index is 0. The quantitative estimate of drug-likeness (QED) is 0.247. The Morgan fingerprint density at radius 2 is 0.750 bits per heavy atom. The fourth-order valence-corrected chi connectivity index (χ4v) is 2.73. The number of ether oxygens (including phenoxy) is 1. The molecule has 0 heterocycles. The fraction of sp³-hybridized carbons (Fsp3) is 0.818. The zero-order valence-corrected chi connectivity index (χ0v) is 17.7. The van der Waals surface area contributed by atoms with Gasteiger partial charge in [-0.2, -0.15) is 0 Å². The number of hydrogen-bond donors (Lipinski definition) is 0. The van der Waals surface area contributed by atoms with Crippen LogP contribution in [0.4, 0.5) is 0 Å². The third kappa shape index (κ3) is 12.5. The SMILES string of the molecule is CCCCC(=O)C(OC(C(=O)CCCC)C(=O)CCCC)C(=O)CCCC.[CaH2]. The van der Waals surface area contributed by atoms with Crippen molar-refractivity contribution in [2.45, 2.75) is 117 Å². The molecule has 0 aliphatic heterocycles. The number of carbonyl (C=O) groups is 4. The fourth-order valence-electron chi connectivity index (χ4n) is 2.73. The summed E-state index contributed by atoms with van der Waals surface area (Å²) in [5, 5.41) is 0. The monoisotopic (exact) mass is 424 g/mol. The molecule has 5 nitrogen and oxygen atoms in total. The van der Waals surface area contributed by atoms with Gasteiger partial charge in [0, 0.05) is 25.7 Å². The van der Waals surface area contributed by atoms with Crippen molar-refractivity contribution in [3.63, 3.8) is 0 Å². The summed E-state index contributed by atoms with van der Waals surface area (Å²) in [7, 11) is 0. The Morgan fingerprint density at radius 3 is 0.929 bits per heavy atom. The summed E-state index contributed by atoms with van der Waals surface area (Å²) in [6, 6.07) is 0. The summed E-state index contributed by atoms with van der Waals surface area (Å²) in [6.07, 6.45) is 4.34. The minimum atomic E-state index is -1.29. The second-order valence-electron chi connectivity index (χ2n) is 7.18. The maximum atomic E-state index is 12.5. The molecule has 0 aromatic heterocycles. The molecule has 0 saturated heterocycles. The topological polar surface area (TPSA) is 77.5 Å². The molecule has 0 unspecified atom stereocenters. The zero-order valence-electron chi connectivity index (χ0n) is 17.7. The Kier molecular flexibility index (Phi) is 20.3. The van der Waals surface area contributed by atoms with E-state index in [2.05, 4.69) is 0 Å². The van der Waals surface area contributed by atoms with Crippen LogP contribution in [0.2, 0.25) is 0 Å². The van der Waals surface area contributed by atoms with E-state index in [1.807, 2.05) is 27.7 Å². The predicted octanol–water partition coefficient (Wildman–Crippen LogP) is 3.86. The third-order valence-electron chi connectivity index (χ3n) is 4.55. The third-order valence-corrected chi connectivity index (χ3v) is 4.55. The summed E-state index contributed by atoms with van der Waals surface area (Å²) >= 11 is 0. The number of carbonyl (C=O) groups excluding carboxylic acids is 4. The molecule has 6 heteroatoms. The predicted molar refractivity (Wildman–Crippen MR) is 115 cm³/mol. The summed E-state index contributed by atoms with van der Waals surface area (Å²) in [4.78, 5) is 50.2. The van der Waals surface area contributed by atoms with Gasteiger partial charge in [-0.25, -0.2) is 0 Å². The van der Waals surface area contributed by atoms with Crippen molar-refractivity contribution >= 4 is 60.9 Å². The first-order chi connectivity index (χ1) is 12.9. The van der Waals surface area contributed by atoms with Crippen molar-refractivity contribution in [3.05, 3.63) is 0 Å². The normalized spacial score (nSPS) is 10.8.